The van der Waals surface area contributed by atoms with Gasteiger partial charge in [0.2, 0.25) is 0 Å². The Morgan fingerprint density at radius 1 is 0.881 bits per heavy atom. The summed E-state index contributed by atoms with van der Waals surface area (Å²) in [5.74, 6) is -2.10. The summed E-state index contributed by atoms with van der Waals surface area (Å²) in [6.45, 7) is 0.637. The zero-order chi connectivity index (χ0) is 30.8. The molecule has 1 heterocycles. The highest BCUT2D eigenvalue weighted by molar-refractivity contribution is 6.30. The first-order valence-corrected chi connectivity index (χ1v) is 12.9. The van der Waals surface area contributed by atoms with Crippen LogP contribution >= 0.6 is 11.6 Å². The van der Waals surface area contributed by atoms with E-state index in [4.69, 9.17) is 11.6 Å². The largest absolute Gasteiger partial charge is 0.416 e. The first-order valence-electron chi connectivity index (χ1n) is 12.5. The number of hydrogen-bond donors (Lipinski definition) is 1. The van der Waals surface area contributed by atoms with Gasteiger partial charge in [0.05, 0.1) is 29.1 Å². The first kappa shape index (κ1) is 30.6. The third-order valence-electron chi connectivity index (χ3n) is 6.25. The molecule has 42 heavy (non-hydrogen) atoms. The highest BCUT2D eigenvalue weighted by atomic mass is 35.5. The Bertz CT molecular complexity index is 1640. The molecule has 1 N–H and O–H groups in total. The fourth-order valence-electron chi connectivity index (χ4n) is 4.34. The lowest BCUT2D eigenvalue weighted by Crippen LogP contribution is -2.38. The van der Waals surface area contributed by atoms with Gasteiger partial charge in [-0.25, -0.2) is 4.68 Å². The molecule has 220 valence electrons. The number of carbonyl (C=O) groups excluding carboxylic acids is 2. The molecule has 0 aliphatic carbocycles. The minimum Gasteiger partial charge on any atom is -0.331 e. The summed E-state index contributed by atoms with van der Waals surface area (Å²) in [7, 11) is 0. The standard InChI is InChI=1S/C29H22ClF6N3O3/c1-2-11-38(26(41)18-12-19(28(31,32)33)14-20(13-18)29(34,35)36)16-23(40)24-25(17-7-4-3-5-8-17)37-39(27(24)42)22-10-6-9-21(30)15-22/h3-10,12-15,37H,2,11,16H2,1H3. The molecule has 0 bridgehead atoms. The molecular formula is C29H22ClF6N3O3. The van der Waals surface area contributed by atoms with Crippen LogP contribution in [0.4, 0.5) is 26.3 Å². The minimum absolute atomic E-state index is 0.0870. The van der Waals surface area contributed by atoms with Gasteiger partial charge in [0.1, 0.15) is 5.56 Å². The molecule has 6 nitrogen and oxygen atoms in total. The van der Waals surface area contributed by atoms with E-state index in [2.05, 4.69) is 5.10 Å². The number of aromatic amines is 1. The average Bonchev–Trinajstić information content (AvgIpc) is 3.28. The van der Waals surface area contributed by atoms with Gasteiger partial charge in [-0.15, -0.1) is 0 Å². The van der Waals surface area contributed by atoms with Crippen molar-refractivity contribution in [3.8, 4) is 16.9 Å². The summed E-state index contributed by atoms with van der Waals surface area (Å²) >= 11 is 6.07. The summed E-state index contributed by atoms with van der Waals surface area (Å²) in [4.78, 5) is 41.3. The lowest BCUT2D eigenvalue weighted by Gasteiger charge is -2.22. The van der Waals surface area contributed by atoms with Crippen LogP contribution in [-0.2, 0) is 12.4 Å². The molecule has 0 atom stereocenters. The van der Waals surface area contributed by atoms with Gasteiger partial charge in [-0.2, -0.15) is 26.3 Å². The van der Waals surface area contributed by atoms with Crippen LogP contribution in [0.2, 0.25) is 5.02 Å². The first-order chi connectivity index (χ1) is 19.7. The number of Topliss-reactive ketones (excluding diaryl/α,β-unsaturated/α-hetero) is 1. The summed E-state index contributed by atoms with van der Waals surface area (Å²) < 4.78 is 81.5. The van der Waals surface area contributed by atoms with E-state index in [9.17, 15) is 40.7 Å². The highest BCUT2D eigenvalue weighted by Gasteiger charge is 2.38. The second-order valence-corrected chi connectivity index (χ2v) is 9.73. The van der Waals surface area contributed by atoms with Gasteiger partial charge in [-0.05, 0) is 42.8 Å². The normalized spacial score (nSPS) is 11.9. The number of carbonyl (C=O) groups is 2. The van der Waals surface area contributed by atoms with Gasteiger partial charge in [0, 0.05) is 22.7 Å². The molecule has 1 aromatic heterocycles. The Labute approximate surface area is 240 Å². The molecule has 4 rings (SSSR count). The predicted molar refractivity (Wildman–Crippen MR) is 144 cm³/mol. The lowest BCUT2D eigenvalue weighted by atomic mass is 10.0. The van der Waals surface area contributed by atoms with E-state index in [1.165, 1.54) is 6.07 Å². The number of alkyl halides is 6. The number of ketones is 1. The van der Waals surface area contributed by atoms with Crippen LogP contribution in [0.1, 0.15) is 45.2 Å². The van der Waals surface area contributed by atoms with Crippen molar-refractivity contribution in [3.05, 3.63) is 110 Å². The summed E-state index contributed by atoms with van der Waals surface area (Å²) in [6, 6.07) is 15.0. The quantitative estimate of drug-likeness (QED) is 0.169. The number of halogens is 7. The second kappa shape index (κ2) is 11.9. The Morgan fingerprint density at radius 2 is 1.50 bits per heavy atom. The van der Waals surface area contributed by atoms with Crippen molar-refractivity contribution in [1.82, 2.24) is 14.7 Å². The Kier molecular flexibility index (Phi) is 8.67. The van der Waals surface area contributed by atoms with Gasteiger partial charge in [0.15, 0.2) is 5.78 Å². The third-order valence-corrected chi connectivity index (χ3v) is 6.48. The van der Waals surface area contributed by atoms with Crippen molar-refractivity contribution in [1.29, 1.82) is 0 Å². The molecule has 13 heteroatoms. The Balaban J connectivity index is 1.78. The molecule has 4 aromatic rings. The number of rotatable bonds is 8. The van der Waals surface area contributed by atoms with Crippen LogP contribution in [0, 0.1) is 0 Å². The second-order valence-electron chi connectivity index (χ2n) is 9.29. The molecule has 0 spiro atoms. The topological polar surface area (TPSA) is 75.2 Å². The van der Waals surface area contributed by atoms with E-state index in [0.717, 1.165) is 9.58 Å². The molecule has 0 saturated heterocycles. The van der Waals surface area contributed by atoms with Crippen LogP contribution < -0.4 is 5.56 Å². The monoisotopic (exact) mass is 609 g/mol. The molecule has 0 unspecified atom stereocenters. The van der Waals surface area contributed by atoms with Gasteiger partial charge in [-0.1, -0.05) is 54.9 Å². The zero-order valence-corrected chi connectivity index (χ0v) is 22.6. The lowest BCUT2D eigenvalue weighted by molar-refractivity contribution is -0.143. The van der Waals surface area contributed by atoms with Gasteiger partial charge in [0.25, 0.3) is 11.5 Å². The van der Waals surface area contributed by atoms with Gasteiger partial charge in [-0.3, -0.25) is 19.5 Å². The van der Waals surface area contributed by atoms with Crippen molar-refractivity contribution in [2.75, 3.05) is 13.1 Å². The van der Waals surface area contributed by atoms with E-state index in [1.54, 1.807) is 55.5 Å². The van der Waals surface area contributed by atoms with Crippen molar-refractivity contribution in [2.45, 2.75) is 25.7 Å². The highest BCUT2D eigenvalue weighted by Crippen LogP contribution is 2.36. The smallest absolute Gasteiger partial charge is 0.331 e. The maximum Gasteiger partial charge on any atom is 0.416 e. The van der Waals surface area contributed by atoms with Crippen LogP contribution in [0.25, 0.3) is 16.9 Å². The molecule has 0 aliphatic rings. The average molecular weight is 610 g/mol. The van der Waals surface area contributed by atoms with E-state index in [0.29, 0.717) is 28.4 Å². The number of aromatic nitrogens is 2. The molecule has 0 saturated carbocycles. The SMILES string of the molecule is CCCN(CC(=O)c1c(-c2ccccc2)[nH]n(-c2cccc(Cl)c2)c1=O)C(=O)c1cc(C(F)(F)F)cc(C(F)(F)F)c1. The molecule has 0 fully saturated rings. The van der Waals surface area contributed by atoms with Crippen molar-refractivity contribution < 1.29 is 35.9 Å². The Morgan fingerprint density at radius 3 is 2.05 bits per heavy atom. The minimum atomic E-state index is -5.16. The van der Waals surface area contributed by atoms with Crippen LogP contribution in [0.5, 0.6) is 0 Å². The van der Waals surface area contributed by atoms with E-state index >= 15 is 0 Å². The van der Waals surface area contributed by atoms with Crippen LogP contribution in [0.3, 0.4) is 0 Å². The van der Waals surface area contributed by atoms with Crippen molar-refractivity contribution in [2.24, 2.45) is 0 Å². The predicted octanol–water partition coefficient (Wildman–Crippen LogP) is 7.26. The molecular weight excluding hydrogens is 588 g/mol. The maximum absolute atomic E-state index is 13.6. The van der Waals surface area contributed by atoms with Crippen LogP contribution in [-0.4, -0.2) is 39.5 Å². The van der Waals surface area contributed by atoms with Gasteiger partial charge >= 0.3 is 12.4 Å². The molecule has 1 amide bonds. The van der Waals surface area contributed by atoms with Gasteiger partial charge < -0.3 is 4.90 Å². The molecule has 0 radical (unpaired) electrons. The van der Waals surface area contributed by atoms with Crippen molar-refractivity contribution in [3.63, 3.8) is 0 Å². The number of amides is 1. The van der Waals surface area contributed by atoms with Crippen LogP contribution in [0.15, 0.2) is 77.6 Å². The molecule has 3 aromatic carbocycles. The number of nitrogens with zero attached hydrogens (tertiary/aromatic N) is 2. The summed E-state index contributed by atoms with van der Waals surface area (Å²) in [5, 5.41) is 3.18. The summed E-state index contributed by atoms with van der Waals surface area (Å²) in [5.41, 5.74) is -4.51. The fourth-order valence-corrected chi connectivity index (χ4v) is 4.53. The fraction of sp³-hybridized carbons (Fsp3) is 0.207. The summed E-state index contributed by atoms with van der Waals surface area (Å²) in [6.07, 6.45) is -10.1. The molecule has 0 aliphatic heterocycles. The van der Waals surface area contributed by atoms with E-state index < -0.39 is 52.8 Å². The zero-order valence-electron chi connectivity index (χ0n) is 21.8. The number of hydrogen-bond acceptors (Lipinski definition) is 3. The third kappa shape index (κ3) is 6.59. The number of H-pyrrole nitrogens is 1. The van der Waals surface area contributed by atoms with E-state index in [1.807, 2.05) is 0 Å². The number of nitrogens with one attached hydrogen (secondary N) is 1. The van der Waals surface area contributed by atoms with E-state index in [-0.39, 0.29) is 30.3 Å². The number of benzene rings is 3. The Hall–Kier alpha value is -4.32. The van der Waals surface area contributed by atoms with Crippen molar-refractivity contribution >= 4 is 23.3 Å². The maximum atomic E-state index is 13.6.